The first kappa shape index (κ1) is 10.3. The second-order valence-corrected chi connectivity index (χ2v) is 4.96. The van der Waals surface area contributed by atoms with Gasteiger partial charge in [-0.05, 0) is 6.92 Å². The molecule has 1 unspecified atom stereocenters. The lowest BCUT2D eigenvalue weighted by Gasteiger charge is -2.08. The van der Waals surface area contributed by atoms with Crippen molar-refractivity contribution < 1.29 is 4.74 Å². The number of imidazole rings is 1. The van der Waals surface area contributed by atoms with E-state index in [9.17, 15) is 0 Å². The summed E-state index contributed by atoms with van der Waals surface area (Å²) in [6.45, 7) is 4.70. The highest BCUT2D eigenvalue weighted by Gasteiger charge is 2.54. The number of aryl methyl sites for hydroxylation is 1. The molecule has 6 nitrogen and oxygen atoms in total. The molecule has 1 aliphatic heterocycles. The van der Waals surface area contributed by atoms with Gasteiger partial charge in [0.1, 0.15) is 11.8 Å². The number of nitrogens with one attached hydrogen (secondary N) is 1. The minimum Gasteiger partial charge on any atom is -0.381 e. The predicted octanol–water partition coefficient (Wildman–Crippen LogP) is 0.903. The van der Waals surface area contributed by atoms with Gasteiger partial charge in [0.2, 0.25) is 0 Å². The van der Waals surface area contributed by atoms with Crippen LogP contribution in [-0.4, -0.2) is 38.8 Å². The number of aromatic nitrogens is 4. The molecule has 0 radical (unpaired) electrons. The summed E-state index contributed by atoms with van der Waals surface area (Å²) in [4.78, 5) is 13.0. The van der Waals surface area contributed by atoms with Crippen LogP contribution in [0.2, 0.25) is 0 Å². The fourth-order valence-corrected chi connectivity index (χ4v) is 2.83. The van der Waals surface area contributed by atoms with E-state index in [4.69, 9.17) is 4.74 Å². The number of ether oxygens (including phenoxy) is 1. The molecule has 94 valence electrons. The maximum absolute atomic E-state index is 5.39. The molecule has 1 aliphatic carbocycles. The molecule has 4 rings (SSSR count). The molecule has 0 bridgehead atoms. The molecule has 1 N–H and O–H groups in total. The lowest BCUT2D eigenvalue weighted by molar-refractivity contribution is 0.162. The average Bonchev–Trinajstić information content (AvgIpc) is 2.84. The van der Waals surface area contributed by atoms with Crippen LogP contribution < -0.4 is 5.32 Å². The Balaban J connectivity index is 1.66. The lowest BCUT2D eigenvalue weighted by atomic mass is 10.4. The fraction of sp³-hybridized carbons (Fsp3) is 0.583. The van der Waals surface area contributed by atoms with Gasteiger partial charge in [0.05, 0.1) is 19.5 Å². The van der Waals surface area contributed by atoms with E-state index in [0.29, 0.717) is 17.9 Å². The normalized spacial score (nSPS) is 29.5. The van der Waals surface area contributed by atoms with E-state index in [-0.39, 0.29) is 0 Å². The van der Waals surface area contributed by atoms with Crippen LogP contribution in [0.4, 0.5) is 5.82 Å². The van der Waals surface area contributed by atoms with Crippen LogP contribution in [0.25, 0.3) is 11.2 Å². The first-order valence-corrected chi connectivity index (χ1v) is 6.38. The first-order valence-electron chi connectivity index (χ1n) is 6.38. The second kappa shape index (κ2) is 3.65. The Morgan fingerprint density at radius 1 is 1.33 bits per heavy atom. The third-order valence-corrected chi connectivity index (χ3v) is 4.00. The topological polar surface area (TPSA) is 64.9 Å². The highest BCUT2D eigenvalue weighted by atomic mass is 16.5. The Hall–Kier alpha value is -1.69. The van der Waals surface area contributed by atoms with E-state index in [1.807, 2.05) is 10.9 Å². The minimum absolute atomic E-state index is 0.503. The van der Waals surface area contributed by atoms with E-state index in [0.717, 1.165) is 36.7 Å². The molecular formula is C12H15N5O. The minimum atomic E-state index is 0.503. The van der Waals surface area contributed by atoms with Crippen LogP contribution in [0.3, 0.4) is 0 Å². The summed E-state index contributed by atoms with van der Waals surface area (Å²) < 4.78 is 7.42. The Kier molecular flexibility index (Phi) is 2.08. The van der Waals surface area contributed by atoms with Crippen LogP contribution in [-0.2, 0) is 11.3 Å². The quantitative estimate of drug-likeness (QED) is 0.870. The molecule has 0 spiro atoms. The van der Waals surface area contributed by atoms with Crippen molar-refractivity contribution in [1.29, 1.82) is 0 Å². The Morgan fingerprint density at radius 2 is 2.17 bits per heavy atom. The maximum atomic E-state index is 5.39. The van der Waals surface area contributed by atoms with E-state index >= 15 is 0 Å². The van der Waals surface area contributed by atoms with Crippen molar-refractivity contribution in [2.24, 2.45) is 11.8 Å². The molecule has 3 atom stereocenters. The summed E-state index contributed by atoms with van der Waals surface area (Å²) in [5.74, 6) is 2.16. The monoisotopic (exact) mass is 245 g/mol. The number of anilines is 1. The Morgan fingerprint density at radius 3 is 2.94 bits per heavy atom. The summed E-state index contributed by atoms with van der Waals surface area (Å²) in [6, 6.07) is 0.503. The summed E-state index contributed by atoms with van der Waals surface area (Å²) in [5.41, 5.74) is 1.77. The second-order valence-electron chi connectivity index (χ2n) is 4.96. The van der Waals surface area contributed by atoms with E-state index in [1.54, 1.807) is 6.33 Å². The van der Waals surface area contributed by atoms with Crippen molar-refractivity contribution in [3.05, 3.63) is 12.7 Å². The summed E-state index contributed by atoms with van der Waals surface area (Å²) in [5, 5.41) is 3.49. The number of nitrogens with zero attached hydrogens (tertiary/aromatic N) is 4. The predicted molar refractivity (Wildman–Crippen MR) is 66.2 cm³/mol. The van der Waals surface area contributed by atoms with Crippen LogP contribution >= 0.6 is 0 Å². The van der Waals surface area contributed by atoms with E-state index in [1.165, 1.54) is 0 Å². The van der Waals surface area contributed by atoms with Gasteiger partial charge in [-0.2, -0.15) is 0 Å². The van der Waals surface area contributed by atoms with Crippen LogP contribution in [0.15, 0.2) is 12.7 Å². The molecule has 1 saturated carbocycles. The van der Waals surface area contributed by atoms with Gasteiger partial charge in [-0.1, -0.05) is 0 Å². The van der Waals surface area contributed by atoms with Gasteiger partial charge in [0.15, 0.2) is 11.5 Å². The smallest absolute Gasteiger partial charge is 0.165 e. The maximum Gasteiger partial charge on any atom is 0.165 e. The first-order chi connectivity index (χ1) is 8.88. The molecule has 3 heterocycles. The number of hydrogen-bond donors (Lipinski definition) is 1. The third kappa shape index (κ3) is 1.35. The molecule has 6 heteroatoms. The third-order valence-electron chi connectivity index (χ3n) is 4.00. The zero-order chi connectivity index (χ0) is 12.1. The standard InChI is InChI=1S/C12H15N5O/c1-2-17-6-15-10-11(13-5-14-12(10)17)16-9-7-3-18-4-8(7)9/h5-9H,2-4H2,1H3,(H,13,14,16)/t7-,8+,9?. The molecule has 2 aromatic heterocycles. The van der Waals surface area contributed by atoms with Crippen molar-refractivity contribution in [2.75, 3.05) is 18.5 Å². The van der Waals surface area contributed by atoms with Crippen molar-refractivity contribution >= 4 is 17.0 Å². The number of fused-ring (bicyclic) bond motifs is 2. The van der Waals surface area contributed by atoms with E-state index in [2.05, 4.69) is 27.2 Å². The molecule has 18 heavy (non-hydrogen) atoms. The Bertz CT molecular complexity index is 585. The lowest BCUT2D eigenvalue weighted by Crippen LogP contribution is -2.14. The summed E-state index contributed by atoms with van der Waals surface area (Å²) >= 11 is 0. The highest BCUT2D eigenvalue weighted by Crippen LogP contribution is 2.46. The van der Waals surface area contributed by atoms with Gasteiger partial charge in [-0.15, -0.1) is 0 Å². The Labute approximate surface area is 104 Å². The fourth-order valence-electron chi connectivity index (χ4n) is 2.83. The molecular weight excluding hydrogens is 230 g/mol. The molecule has 2 fully saturated rings. The molecule has 0 aromatic carbocycles. The van der Waals surface area contributed by atoms with Crippen molar-refractivity contribution in [3.63, 3.8) is 0 Å². The number of rotatable bonds is 3. The van der Waals surface area contributed by atoms with Gasteiger partial charge < -0.3 is 14.6 Å². The largest absolute Gasteiger partial charge is 0.381 e. The van der Waals surface area contributed by atoms with Crippen molar-refractivity contribution in [3.8, 4) is 0 Å². The zero-order valence-electron chi connectivity index (χ0n) is 10.2. The summed E-state index contributed by atoms with van der Waals surface area (Å²) in [6.07, 6.45) is 3.43. The van der Waals surface area contributed by atoms with Gasteiger partial charge in [0.25, 0.3) is 0 Å². The van der Waals surface area contributed by atoms with Crippen LogP contribution in [0.5, 0.6) is 0 Å². The summed E-state index contributed by atoms with van der Waals surface area (Å²) in [7, 11) is 0. The van der Waals surface area contributed by atoms with Gasteiger partial charge >= 0.3 is 0 Å². The highest BCUT2D eigenvalue weighted by molar-refractivity contribution is 5.82. The molecule has 2 aromatic rings. The van der Waals surface area contributed by atoms with Crippen LogP contribution in [0, 0.1) is 11.8 Å². The SMILES string of the molecule is CCn1cnc2c(NC3[C@H]4COC[C@@H]34)ncnc21. The molecule has 1 saturated heterocycles. The van der Waals surface area contributed by atoms with Gasteiger partial charge in [-0.25, -0.2) is 15.0 Å². The zero-order valence-corrected chi connectivity index (χ0v) is 10.2. The van der Waals surface area contributed by atoms with Gasteiger partial charge in [-0.3, -0.25) is 0 Å². The van der Waals surface area contributed by atoms with Crippen molar-refractivity contribution in [2.45, 2.75) is 19.5 Å². The van der Waals surface area contributed by atoms with Crippen molar-refractivity contribution in [1.82, 2.24) is 19.5 Å². The molecule has 0 amide bonds. The number of hydrogen-bond acceptors (Lipinski definition) is 5. The van der Waals surface area contributed by atoms with Crippen LogP contribution in [0.1, 0.15) is 6.92 Å². The van der Waals surface area contributed by atoms with Gasteiger partial charge in [0, 0.05) is 24.4 Å². The van der Waals surface area contributed by atoms with E-state index < -0.39 is 0 Å². The average molecular weight is 245 g/mol. The molecule has 2 aliphatic rings.